The predicted molar refractivity (Wildman–Crippen MR) is 76.0 cm³/mol. The quantitative estimate of drug-likeness (QED) is 0.812. The third-order valence-electron chi connectivity index (χ3n) is 4.20. The molecule has 1 saturated carbocycles. The molecule has 0 aromatic carbocycles. The van der Waals surface area contributed by atoms with Gasteiger partial charge in [0.15, 0.2) is 0 Å². The van der Waals surface area contributed by atoms with Crippen molar-refractivity contribution in [1.29, 1.82) is 0 Å². The third kappa shape index (κ3) is 2.65. The fourth-order valence-electron chi connectivity index (χ4n) is 2.84. The Bertz CT molecular complexity index is 669. The summed E-state index contributed by atoms with van der Waals surface area (Å²) in [5.41, 5.74) is 3.00. The number of pyridine rings is 1. The number of aromatic nitrogens is 3. The van der Waals surface area contributed by atoms with Gasteiger partial charge in [-0.05, 0) is 18.9 Å². The maximum absolute atomic E-state index is 13.6. The van der Waals surface area contributed by atoms with E-state index >= 15 is 0 Å². The van der Waals surface area contributed by atoms with Gasteiger partial charge in [-0.1, -0.05) is 6.07 Å². The van der Waals surface area contributed by atoms with E-state index in [1.165, 1.54) is 30.3 Å². The van der Waals surface area contributed by atoms with Crippen LogP contribution in [-0.2, 0) is 19.5 Å². The van der Waals surface area contributed by atoms with E-state index in [1.807, 2.05) is 6.20 Å². The molecule has 4 nitrogen and oxygen atoms in total. The number of rotatable bonds is 3. The summed E-state index contributed by atoms with van der Waals surface area (Å²) < 4.78 is 13.6. The molecular weight excluding hydrogens is 267 g/mol. The Kier molecular flexibility index (Phi) is 3.15. The van der Waals surface area contributed by atoms with Gasteiger partial charge >= 0.3 is 0 Å². The van der Waals surface area contributed by atoms with Crippen molar-refractivity contribution in [3.05, 3.63) is 53.1 Å². The normalized spacial score (nSPS) is 18.5. The highest BCUT2D eigenvalue weighted by Crippen LogP contribution is 2.38. The first-order valence-electron chi connectivity index (χ1n) is 7.46. The van der Waals surface area contributed by atoms with E-state index < -0.39 is 0 Å². The number of nitrogens with zero attached hydrogens (tertiary/aromatic N) is 4. The Hall–Kier alpha value is -1.88. The monoisotopic (exact) mass is 284 g/mol. The minimum absolute atomic E-state index is 0.372. The number of hydrogen-bond acceptors (Lipinski definition) is 4. The first kappa shape index (κ1) is 12.8. The minimum atomic E-state index is -0.372. The van der Waals surface area contributed by atoms with E-state index in [9.17, 15) is 4.39 Å². The molecule has 2 aromatic rings. The lowest BCUT2D eigenvalue weighted by atomic mass is 10.1. The first-order valence-corrected chi connectivity index (χ1v) is 7.46. The van der Waals surface area contributed by atoms with Gasteiger partial charge in [0.05, 0.1) is 0 Å². The zero-order valence-corrected chi connectivity index (χ0v) is 11.8. The Balaban J connectivity index is 1.50. The molecule has 4 rings (SSSR count). The van der Waals surface area contributed by atoms with Crippen LogP contribution in [0.3, 0.4) is 0 Å². The molecule has 2 aromatic heterocycles. The highest BCUT2D eigenvalue weighted by Gasteiger charge is 2.28. The fraction of sp³-hybridized carbons (Fsp3) is 0.438. The van der Waals surface area contributed by atoms with Crippen LogP contribution in [0, 0.1) is 5.95 Å². The summed E-state index contributed by atoms with van der Waals surface area (Å²) in [6.07, 6.45) is 6.81. The van der Waals surface area contributed by atoms with Crippen molar-refractivity contribution >= 4 is 0 Å². The maximum atomic E-state index is 13.6. The summed E-state index contributed by atoms with van der Waals surface area (Å²) in [5.74, 6) is 1.24. The van der Waals surface area contributed by atoms with Gasteiger partial charge in [-0.25, -0.2) is 15.0 Å². The van der Waals surface area contributed by atoms with Crippen molar-refractivity contribution in [3.63, 3.8) is 0 Å². The van der Waals surface area contributed by atoms with E-state index in [2.05, 4.69) is 14.9 Å². The Morgan fingerprint density at radius 3 is 3.00 bits per heavy atom. The van der Waals surface area contributed by atoms with Crippen LogP contribution in [0.15, 0.2) is 24.5 Å². The van der Waals surface area contributed by atoms with Crippen molar-refractivity contribution in [2.75, 3.05) is 6.54 Å². The maximum Gasteiger partial charge on any atom is 0.217 e. The molecule has 0 saturated heterocycles. The topological polar surface area (TPSA) is 41.9 Å². The van der Waals surface area contributed by atoms with Gasteiger partial charge in [0, 0.05) is 61.2 Å². The second-order valence-corrected chi connectivity index (χ2v) is 5.89. The lowest BCUT2D eigenvalue weighted by Crippen LogP contribution is -2.31. The minimum Gasteiger partial charge on any atom is -0.294 e. The smallest absolute Gasteiger partial charge is 0.217 e. The molecule has 1 aliphatic carbocycles. The van der Waals surface area contributed by atoms with Crippen LogP contribution in [0.25, 0.3) is 0 Å². The number of fused-ring (bicyclic) bond motifs is 1. The van der Waals surface area contributed by atoms with Gasteiger partial charge in [-0.2, -0.15) is 4.39 Å². The van der Waals surface area contributed by atoms with Crippen LogP contribution in [0.2, 0.25) is 0 Å². The molecule has 0 N–H and O–H groups in total. The molecule has 0 atom stereocenters. The van der Waals surface area contributed by atoms with Crippen molar-refractivity contribution in [2.24, 2.45) is 0 Å². The van der Waals surface area contributed by atoms with E-state index in [0.717, 1.165) is 25.3 Å². The highest BCUT2D eigenvalue weighted by molar-refractivity contribution is 5.23. The van der Waals surface area contributed by atoms with E-state index in [-0.39, 0.29) is 5.95 Å². The molecule has 2 aliphatic rings. The average Bonchev–Trinajstić information content (AvgIpc) is 3.34. The molecule has 0 bridgehead atoms. The molecule has 21 heavy (non-hydrogen) atoms. The largest absolute Gasteiger partial charge is 0.294 e. The lowest BCUT2D eigenvalue weighted by Gasteiger charge is -2.28. The zero-order chi connectivity index (χ0) is 14.2. The summed E-state index contributed by atoms with van der Waals surface area (Å²) in [4.78, 5) is 15.1. The van der Waals surface area contributed by atoms with Crippen LogP contribution in [-0.4, -0.2) is 26.4 Å². The first-order chi connectivity index (χ1) is 10.3. The van der Waals surface area contributed by atoms with Crippen LogP contribution in [0.5, 0.6) is 0 Å². The van der Waals surface area contributed by atoms with Crippen molar-refractivity contribution in [1.82, 2.24) is 19.9 Å². The second-order valence-electron chi connectivity index (χ2n) is 5.89. The Morgan fingerprint density at radius 1 is 1.29 bits per heavy atom. The molecule has 5 heteroatoms. The highest BCUT2D eigenvalue weighted by atomic mass is 19.1. The molecule has 1 fully saturated rings. The third-order valence-corrected chi connectivity index (χ3v) is 4.20. The van der Waals surface area contributed by atoms with Crippen molar-refractivity contribution in [3.8, 4) is 0 Å². The number of hydrogen-bond donors (Lipinski definition) is 0. The van der Waals surface area contributed by atoms with E-state index in [0.29, 0.717) is 18.0 Å². The lowest BCUT2D eigenvalue weighted by molar-refractivity contribution is 0.238. The molecule has 0 unspecified atom stereocenters. The molecule has 0 spiro atoms. The van der Waals surface area contributed by atoms with E-state index in [4.69, 9.17) is 4.98 Å². The van der Waals surface area contributed by atoms with Gasteiger partial charge in [0.1, 0.15) is 5.82 Å². The van der Waals surface area contributed by atoms with Gasteiger partial charge in [0.25, 0.3) is 0 Å². The average molecular weight is 284 g/mol. The van der Waals surface area contributed by atoms with E-state index in [1.54, 1.807) is 12.1 Å². The SMILES string of the molecule is Fc1ncccc1CN1CCc2nc(C3CC3)ncc2C1. The van der Waals surface area contributed by atoms with Gasteiger partial charge < -0.3 is 0 Å². The van der Waals surface area contributed by atoms with Crippen LogP contribution in [0.1, 0.15) is 41.4 Å². The summed E-state index contributed by atoms with van der Waals surface area (Å²) in [6, 6.07) is 3.58. The zero-order valence-electron chi connectivity index (χ0n) is 11.8. The van der Waals surface area contributed by atoms with Crippen LogP contribution < -0.4 is 0 Å². The molecule has 108 valence electrons. The molecule has 3 heterocycles. The summed E-state index contributed by atoms with van der Waals surface area (Å²) in [7, 11) is 0. The second kappa shape index (κ2) is 5.15. The predicted octanol–water partition coefficient (Wildman–Crippen LogP) is 2.45. The summed E-state index contributed by atoms with van der Waals surface area (Å²) in [6.45, 7) is 2.28. The molecule has 0 radical (unpaired) electrons. The number of halogens is 1. The molecule has 0 amide bonds. The molecule has 1 aliphatic heterocycles. The molecular formula is C16H17FN4. The van der Waals surface area contributed by atoms with Gasteiger partial charge in [-0.15, -0.1) is 0 Å². The van der Waals surface area contributed by atoms with Gasteiger partial charge in [0.2, 0.25) is 5.95 Å². The van der Waals surface area contributed by atoms with Gasteiger partial charge in [-0.3, -0.25) is 4.90 Å². The van der Waals surface area contributed by atoms with Crippen molar-refractivity contribution in [2.45, 2.75) is 38.3 Å². The summed E-state index contributed by atoms with van der Waals surface area (Å²) in [5, 5.41) is 0. The fourth-order valence-corrected chi connectivity index (χ4v) is 2.84. The van der Waals surface area contributed by atoms with Crippen LogP contribution in [0.4, 0.5) is 4.39 Å². The van der Waals surface area contributed by atoms with Crippen molar-refractivity contribution < 1.29 is 4.39 Å². The Labute approximate surface area is 123 Å². The standard InChI is InChI=1S/C16H17FN4/c17-15-12(2-1-6-18-15)9-21-7-5-14-13(10-21)8-19-16(20-14)11-3-4-11/h1-2,6,8,11H,3-5,7,9-10H2. The van der Waals surface area contributed by atoms with Crippen LogP contribution >= 0.6 is 0 Å². The Morgan fingerprint density at radius 2 is 2.19 bits per heavy atom. The summed E-state index contributed by atoms with van der Waals surface area (Å²) >= 11 is 0.